The van der Waals surface area contributed by atoms with E-state index < -0.39 is 63.0 Å². The molecule has 0 bridgehead atoms. The number of thiazole rings is 1. The number of benzene rings is 2. The van der Waals surface area contributed by atoms with Gasteiger partial charge < -0.3 is 31.5 Å². The van der Waals surface area contributed by atoms with Crippen LogP contribution < -0.4 is 11.1 Å². The van der Waals surface area contributed by atoms with Crippen LogP contribution in [-0.2, 0) is 20.8 Å². The standard InChI is InChI=1S/C30H27N5O9S/c1-34(2)23-16-10-13-9-15-17(32-29-33-18(11-45-29)12-4-3-5-14(8-12)35(43)44)6-7-19(36)21(15)24(37)20(13)26(39)30(16,42)27(40)22(25(23)38)28(31)41/h3-8,11,13,16,23,36-37,40,42H,9-10H2,1-2H3,(H2,31,41)(H,32,33)/t13-,16-,23-,30-/m0/s1. The van der Waals surface area contributed by atoms with Crippen molar-refractivity contribution in [3.8, 4) is 17.0 Å². The number of nitrogens with one attached hydrogen (secondary N) is 1. The molecule has 3 aromatic rings. The third kappa shape index (κ3) is 4.46. The van der Waals surface area contributed by atoms with Crippen molar-refractivity contribution in [1.29, 1.82) is 0 Å². The zero-order valence-electron chi connectivity index (χ0n) is 23.8. The van der Waals surface area contributed by atoms with Crippen LogP contribution in [0.15, 0.2) is 58.7 Å². The van der Waals surface area contributed by atoms with E-state index in [0.717, 1.165) is 0 Å². The van der Waals surface area contributed by atoms with E-state index in [1.54, 1.807) is 23.6 Å². The number of aromatic nitrogens is 1. The molecule has 15 heteroatoms. The van der Waals surface area contributed by atoms with Gasteiger partial charge in [0.15, 0.2) is 16.5 Å². The molecule has 7 N–H and O–H groups in total. The molecule has 0 spiro atoms. The van der Waals surface area contributed by atoms with Crippen LogP contribution in [0.2, 0.25) is 0 Å². The molecule has 1 fully saturated rings. The number of Topliss-reactive ketones (excluding diaryl/α,β-unsaturated/α-hetero) is 2. The summed E-state index contributed by atoms with van der Waals surface area (Å²) in [4.78, 5) is 56.1. The molecule has 14 nitrogen and oxygen atoms in total. The molecule has 1 aromatic heterocycles. The normalized spacial score (nSPS) is 24.3. The van der Waals surface area contributed by atoms with E-state index in [2.05, 4.69) is 10.3 Å². The number of fused-ring (bicyclic) bond motifs is 3. The molecule has 0 saturated heterocycles. The van der Waals surface area contributed by atoms with E-state index >= 15 is 0 Å². The molecular weight excluding hydrogens is 606 g/mol. The van der Waals surface area contributed by atoms with Crippen molar-refractivity contribution in [2.45, 2.75) is 24.5 Å². The number of hydrogen-bond acceptors (Lipinski definition) is 13. The molecule has 3 aliphatic carbocycles. The minimum Gasteiger partial charge on any atom is -0.508 e. The van der Waals surface area contributed by atoms with Gasteiger partial charge in [0.25, 0.3) is 11.6 Å². The number of nitro benzene ring substituents is 1. The fraction of sp³-hybridized carbons (Fsp3) is 0.267. The molecule has 3 aliphatic rings. The van der Waals surface area contributed by atoms with Crippen molar-refractivity contribution in [1.82, 2.24) is 9.88 Å². The Morgan fingerprint density at radius 2 is 1.93 bits per heavy atom. The van der Waals surface area contributed by atoms with Crippen LogP contribution >= 0.6 is 11.3 Å². The van der Waals surface area contributed by atoms with Gasteiger partial charge in [-0.05, 0) is 50.6 Å². The second kappa shape index (κ2) is 10.5. The number of rotatable bonds is 6. The Labute approximate surface area is 258 Å². The van der Waals surface area contributed by atoms with Gasteiger partial charge in [-0.3, -0.25) is 29.4 Å². The zero-order chi connectivity index (χ0) is 32.5. The van der Waals surface area contributed by atoms with Crippen LogP contribution in [-0.4, -0.2) is 78.4 Å². The van der Waals surface area contributed by atoms with Crippen LogP contribution in [0.5, 0.6) is 5.75 Å². The number of aromatic hydroxyl groups is 1. The van der Waals surface area contributed by atoms with Crippen LogP contribution in [0.25, 0.3) is 17.0 Å². The highest BCUT2D eigenvalue weighted by molar-refractivity contribution is 7.14. The van der Waals surface area contributed by atoms with E-state index in [0.29, 0.717) is 27.6 Å². The van der Waals surface area contributed by atoms with Gasteiger partial charge in [-0.1, -0.05) is 12.1 Å². The zero-order valence-corrected chi connectivity index (χ0v) is 24.7. The average molecular weight is 634 g/mol. The summed E-state index contributed by atoms with van der Waals surface area (Å²) in [6, 6.07) is 7.72. The van der Waals surface area contributed by atoms with E-state index in [-0.39, 0.29) is 35.4 Å². The number of aliphatic hydroxyl groups is 3. The maximum absolute atomic E-state index is 14.0. The minimum absolute atomic E-state index is 0.0466. The molecule has 0 unspecified atom stereocenters. The van der Waals surface area contributed by atoms with Gasteiger partial charge in [0.2, 0.25) is 5.78 Å². The largest absolute Gasteiger partial charge is 0.508 e. The maximum Gasteiger partial charge on any atom is 0.270 e. The van der Waals surface area contributed by atoms with Gasteiger partial charge in [-0.25, -0.2) is 4.98 Å². The molecule has 6 rings (SSSR count). The fourth-order valence-corrected chi connectivity index (χ4v) is 7.45. The fourth-order valence-electron chi connectivity index (χ4n) is 6.72. The number of primary amides is 1. The molecule has 2 aromatic carbocycles. The van der Waals surface area contributed by atoms with E-state index in [4.69, 9.17) is 5.73 Å². The number of non-ortho nitro benzene ring substituents is 1. The lowest BCUT2D eigenvalue weighted by atomic mass is 9.57. The first-order valence-electron chi connectivity index (χ1n) is 13.7. The van der Waals surface area contributed by atoms with E-state index in [1.807, 2.05) is 0 Å². The first kappa shape index (κ1) is 29.9. The molecule has 45 heavy (non-hydrogen) atoms. The topological polar surface area (TPSA) is 229 Å². The number of carbonyl (C=O) groups is 3. The SMILES string of the molecule is CN(C)[C@@H]1C(=O)C(C(N)=O)=C(O)[C@@]2(O)C(=O)C3=C(O)c4c(O)ccc(Nc5nc(-c6cccc([N+](=O)[O-])c6)cs5)c4C[C@H]3C[C@@H]12. The molecule has 1 amide bonds. The summed E-state index contributed by atoms with van der Waals surface area (Å²) in [5.41, 5.74) is 3.27. The number of hydrogen-bond donors (Lipinski definition) is 6. The highest BCUT2D eigenvalue weighted by Crippen LogP contribution is 2.53. The van der Waals surface area contributed by atoms with Crippen molar-refractivity contribution in [3.05, 3.63) is 79.9 Å². The monoisotopic (exact) mass is 633 g/mol. The van der Waals surface area contributed by atoms with Crippen LogP contribution in [0.4, 0.5) is 16.5 Å². The highest BCUT2D eigenvalue weighted by Gasteiger charge is 2.64. The average Bonchev–Trinajstić information content (AvgIpc) is 3.45. The van der Waals surface area contributed by atoms with Crippen LogP contribution in [0.3, 0.4) is 0 Å². The van der Waals surface area contributed by atoms with Gasteiger partial charge in [0, 0.05) is 40.3 Å². The number of nitro groups is 1. The molecule has 4 atom stereocenters. The third-order valence-corrected chi connectivity index (χ3v) is 9.46. The Balaban J connectivity index is 1.42. The highest BCUT2D eigenvalue weighted by atomic mass is 32.1. The van der Waals surface area contributed by atoms with E-state index in [1.165, 1.54) is 48.5 Å². The summed E-state index contributed by atoms with van der Waals surface area (Å²) in [6.07, 6.45) is 0.0451. The Bertz CT molecular complexity index is 1900. The smallest absolute Gasteiger partial charge is 0.270 e. The number of amides is 1. The van der Waals surface area contributed by atoms with E-state index in [9.17, 15) is 44.9 Å². The summed E-state index contributed by atoms with van der Waals surface area (Å²) in [7, 11) is 3.06. The first-order chi connectivity index (χ1) is 21.2. The summed E-state index contributed by atoms with van der Waals surface area (Å²) in [5.74, 6) is -7.27. The number of anilines is 2. The van der Waals surface area contributed by atoms with Gasteiger partial charge in [-0.15, -0.1) is 11.3 Å². The number of likely N-dealkylation sites (N-methyl/N-ethyl adjacent to an activating group) is 1. The molecule has 0 radical (unpaired) electrons. The second-order valence-electron chi connectivity index (χ2n) is 11.4. The van der Waals surface area contributed by atoms with Gasteiger partial charge >= 0.3 is 0 Å². The Hall–Kier alpha value is -5.12. The third-order valence-electron chi connectivity index (χ3n) is 8.70. The van der Waals surface area contributed by atoms with Crippen molar-refractivity contribution < 1.29 is 39.7 Å². The van der Waals surface area contributed by atoms with Gasteiger partial charge in [0.1, 0.15) is 22.8 Å². The summed E-state index contributed by atoms with van der Waals surface area (Å²) >= 11 is 1.22. The summed E-state index contributed by atoms with van der Waals surface area (Å²) < 4.78 is 0. The van der Waals surface area contributed by atoms with Crippen LogP contribution in [0.1, 0.15) is 17.5 Å². The first-order valence-corrected chi connectivity index (χ1v) is 14.6. The van der Waals surface area contributed by atoms with Crippen molar-refractivity contribution in [3.63, 3.8) is 0 Å². The second-order valence-corrected chi connectivity index (χ2v) is 12.3. The molecule has 232 valence electrons. The van der Waals surface area contributed by atoms with Crippen molar-refractivity contribution in [2.75, 3.05) is 19.4 Å². The maximum atomic E-state index is 14.0. The quantitative estimate of drug-likeness (QED) is 0.0996. The molecule has 1 heterocycles. The van der Waals surface area contributed by atoms with Crippen molar-refractivity contribution in [2.24, 2.45) is 17.6 Å². The molecular formula is C30H27N5O9S. The lowest BCUT2D eigenvalue weighted by molar-refractivity contribution is -0.384. The Morgan fingerprint density at radius 3 is 2.60 bits per heavy atom. The van der Waals surface area contributed by atoms with Gasteiger partial charge in [0.05, 0.1) is 22.2 Å². The number of nitrogens with zero attached hydrogens (tertiary/aromatic N) is 3. The Kier molecular flexibility index (Phi) is 6.99. The lowest BCUT2D eigenvalue weighted by Gasteiger charge is -2.50. The lowest BCUT2D eigenvalue weighted by Crippen LogP contribution is -2.65. The van der Waals surface area contributed by atoms with Crippen LogP contribution in [0, 0.1) is 22.0 Å². The number of ketones is 2. The van der Waals surface area contributed by atoms with Crippen molar-refractivity contribution >= 4 is 51.1 Å². The number of phenols is 1. The summed E-state index contributed by atoms with van der Waals surface area (Å²) in [5, 5.41) is 61.4. The number of nitrogens with two attached hydrogens (primary N) is 1. The molecule has 0 aliphatic heterocycles. The summed E-state index contributed by atoms with van der Waals surface area (Å²) in [6.45, 7) is 0. The number of phenolic OH excluding ortho intramolecular Hbond substituents is 1. The predicted molar refractivity (Wildman–Crippen MR) is 162 cm³/mol. The minimum atomic E-state index is -2.72. The predicted octanol–water partition coefficient (Wildman–Crippen LogP) is 2.74. The molecule has 1 saturated carbocycles. The number of carbonyl (C=O) groups excluding carboxylic acids is 3. The Morgan fingerprint density at radius 1 is 1.20 bits per heavy atom. The number of aliphatic hydroxyl groups excluding tert-OH is 2. The van der Waals surface area contributed by atoms with Gasteiger partial charge in [-0.2, -0.15) is 0 Å².